The number of nitrogens with zero attached hydrogens (tertiary/aromatic N) is 2. The fraction of sp³-hybridized carbons (Fsp3) is 0.273. The van der Waals surface area contributed by atoms with Crippen molar-refractivity contribution in [1.82, 2.24) is 14.6 Å². The second kappa shape index (κ2) is 8.12. The quantitative estimate of drug-likeness (QED) is 0.693. The average molecular weight is 428 g/mol. The molecule has 2 aromatic carbocycles. The lowest BCUT2D eigenvalue weighted by molar-refractivity contribution is 0.0924. The maximum absolute atomic E-state index is 13.2. The lowest BCUT2D eigenvalue weighted by Crippen LogP contribution is -2.46. The second-order valence-corrected chi connectivity index (χ2v) is 9.41. The van der Waals surface area contributed by atoms with Crippen molar-refractivity contribution < 1.29 is 17.6 Å². The smallest absolute Gasteiger partial charge is 0.251 e. The van der Waals surface area contributed by atoms with Crippen LogP contribution < -0.4 is 5.32 Å². The number of rotatable bonds is 4. The zero-order valence-electron chi connectivity index (χ0n) is 16.5. The molecule has 1 N–H and O–H groups in total. The van der Waals surface area contributed by atoms with E-state index in [2.05, 4.69) is 10.3 Å². The van der Waals surface area contributed by atoms with Crippen LogP contribution in [-0.2, 0) is 10.0 Å². The Labute approximate surface area is 174 Å². The molecule has 30 heavy (non-hydrogen) atoms. The van der Waals surface area contributed by atoms with E-state index in [1.807, 2.05) is 19.1 Å². The molecular weight excluding hydrogens is 405 g/mol. The first-order valence-corrected chi connectivity index (χ1v) is 11.2. The van der Waals surface area contributed by atoms with Crippen molar-refractivity contribution in [3.05, 3.63) is 71.7 Å². The summed E-state index contributed by atoms with van der Waals surface area (Å²) in [5, 5.41) is 3.70. The summed E-state index contributed by atoms with van der Waals surface area (Å²) in [5.41, 5.74) is 1.81. The molecule has 0 radical (unpaired) electrons. The molecular formula is C22H22FN3O3S. The van der Waals surface area contributed by atoms with Crippen LogP contribution in [0.4, 0.5) is 4.39 Å². The molecule has 0 aliphatic carbocycles. The van der Waals surface area contributed by atoms with Crippen LogP contribution >= 0.6 is 0 Å². The molecule has 3 aromatic rings. The first kappa shape index (κ1) is 20.4. The van der Waals surface area contributed by atoms with E-state index in [0.717, 1.165) is 10.9 Å². The monoisotopic (exact) mass is 427 g/mol. The van der Waals surface area contributed by atoms with Crippen LogP contribution in [0.2, 0.25) is 0 Å². The standard InChI is InChI=1S/C22H22FN3O3S/c1-15-13-17-3-2-4-20(21(17)24-14-15)30(28,29)26-11-9-19(10-12-26)25-22(27)16-5-7-18(23)8-6-16/h2-8,13-14,19H,9-12H2,1H3,(H,25,27). The lowest BCUT2D eigenvalue weighted by atomic mass is 10.1. The number of amides is 1. The Morgan fingerprint density at radius 3 is 2.53 bits per heavy atom. The van der Waals surface area contributed by atoms with E-state index in [-0.39, 0.29) is 16.8 Å². The van der Waals surface area contributed by atoms with Crippen molar-refractivity contribution in [3.8, 4) is 0 Å². The number of aryl methyl sites for hydroxylation is 1. The van der Waals surface area contributed by atoms with E-state index < -0.39 is 15.8 Å². The van der Waals surface area contributed by atoms with Crippen molar-refractivity contribution in [2.24, 2.45) is 0 Å². The van der Waals surface area contributed by atoms with Crippen LogP contribution in [-0.4, -0.2) is 42.7 Å². The molecule has 0 bridgehead atoms. The zero-order valence-corrected chi connectivity index (χ0v) is 17.3. The van der Waals surface area contributed by atoms with E-state index in [1.165, 1.54) is 28.6 Å². The van der Waals surface area contributed by atoms with Crippen LogP contribution in [0, 0.1) is 12.7 Å². The Kier molecular flexibility index (Phi) is 5.53. The highest BCUT2D eigenvalue weighted by Crippen LogP contribution is 2.27. The largest absolute Gasteiger partial charge is 0.349 e. The van der Waals surface area contributed by atoms with Gasteiger partial charge >= 0.3 is 0 Å². The summed E-state index contributed by atoms with van der Waals surface area (Å²) in [5.74, 6) is -0.687. The van der Waals surface area contributed by atoms with Crippen LogP contribution in [0.5, 0.6) is 0 Å². The Hall–Kier alpha value is -2.84. The summed E-state index contributed by atoms with van der Waals surface area (Å²) in [7, 11) is -3.69. The third-order valence-corrected chi connectivity index (χ3v) is 7.25. The Morgan fingerprint density at radius 1 is 1.13 bits per heavy atom. The minimum absolute atomic E-state index is 0.137. The van der Waals surface area contributed by atoms with Gasteiger partial charge in [0.25, 0.3) is 5.91 Å². The SMILES string of the molecule is Cc1cnc2c(S(=O)(=O)N3CCC(NC(=O)c4ccc(F)cc4)CC3)cccc2c1. The summed E-state index contributed by atoms with van der Waals surface area (Å²) in [6.07, 6.45) is 2.67. The highest BCUT2D eigenvalue weighted by molar-refractivity contribution is 7.89. The number of pyridine rings is 1. The molecule has 1 aliphatic heterocycles. The highest BCUT2D eigenvalue weighted by Gasteiger charge is 2.31. The molecule has 8 heteroatoms. The molecule has 0 unspecified atom stereocenters. The molecule has 2 heterocycles. The Bertz CT molecular complexity index is 1190. The topological polar surface area (TPSA) is 79.4 Å². The van der Waals surface area contributed by atoms with Gasteiger partial charge in [-0.25, -0.2) is 12.8 Å². The van der Waals surface area contributed by atoms with Gasteiger partial charge in [0.15, 0.2) is 0 Å². The first-order valence-electron chi connectivity index (χ1n) is 9.76. The third-order valence-electron chi connectivity index (χ3n) is 5.32. The van der Waals surface area contributed by atoms with E-state index in [9.17, 15) is 17.6 Å². The van der Waals surface area contributed by atoms with Crippen LogP contribution in [0.15, 0.2) is 59.6 Å². The number of aromatic nitrogens is 1. The maximum Gasteiger partial charge on any atom is 0.251 e. The van der Waals surface area contributed by atoms with Crippen molar-refractivity contribution in [2.75, 3.05) is 13.1 Å². The van der Waals surface area contributed by atoms with Gasteiger partial charge in [-0.3, -0.25) is 9.78 Å². The Balaban J connectivity index is 1.46. The summed E-state index contributed by atoms with van der Waals surface area (Å²) >= 11 is 0. The number of piperidine rings is 1. The zero-order chi connectivity index (χ0) is 21.3. The predicted molar refractivity (Wildman–Crippen MR) is 112 cm³/mol. The summed E-state index contributed by atoms with van der Waals surface area (Å²) in [4.78, 5) is 16.9. The van der Waals surface area contributed by atoms with Gasteiger partial charge < -0.3 is 5.32 Å². The molecule has 1 aliphatic rings. The van der Waals surface area contributed by atoms with Crippen LogP contribution in [0.1, 0.15) is 28.8 Å². The molecule has 4 rings (SSSR count). The normalized spacial score (nSPS) is 15.9. The van der Waals surface area contributed by atoms with Gasteiger partial charge in [0.2, 0.25) is 10.0 Å². The van der Waals surface area contributed by atoms with Crippen molar-refractivity contribution in [2.45, 2.75) is 30.7 Å². The molecule has 0 spiro atoms. The molecule has 1 amide bonds. The molecule has 1 aromatic heterocycles. The van der Waals surface area contributed by atoms with Gasteiger partial charge in [-0.15, -0.1) is 0 Å². The molecule has 0 saturated carbocycles. The van der Waals surface area contributed by atoms with Gasteiger partial charge in [-0.2, -0.15) is 4.31 Å². The number of fused-ring (bicyclic) bond motifs is 1. The lowest BCUT2D eigenvalue weighted by Gasteiger charge is -2.31. The summed E-state index contributed by atoms with van der Waals surface area (Å²) < 4.78 is 40.9. The number of nitrogens with one attached hydrogen (secondary N) is 1. The number of hydrogen-bond donors (Lipinski definition) is 1. The fourth-order valence-electron chi connectivity index (χ4n) is 3.70. The van der Waals surface area contributed by atoms with E-state index in [0.29, 0.717) is 37.0 Å². The summed E-state index contributed by atoms with van der Waals surface area (Å²) in [6.45, 7) is 2.52. The number of carbonyl (C=O) groups is 1. The van der Waals surface area contributed by atoms with Gasteiger partial charge in [0, 0.05) is 36.3 Å². The highest BCUT2D eigenvalue weighted by atomic mass is 32.2. The maximum atomic E-state index is 13.2. The molecule has 1 saturated heterocycles. The van der Waals surface area contributed by atoms with Crippen LogP contribution in [0.25, 0.3) is 10.9 Å². The van der Waals surface area contributed by atoms with Gasteiger partial charge in [0.1, 0.15) is 10.7 Å². The number of carbonyl (C=O) groups excluding carboxylic acids is 1. The minimum Gasteiger partial charge on any atom is -0.349 e. The number of hydrogen-bond acceptors (Lipinski definition) is 4. The molecule has 156 valence electrons. The Morgan fingerprint density at radius 2 is 1.83 bits per heavy atom. The number of sulfonamides is 1. The van der Waals surface area contributed by atoms with Gasteiger partial charge in [0.05, 0.1) is 5.52 Å². The number of benzene rings is 2. The van der Waals surface area contributed by atoms with Gasteiger partial charge in [-0.1, -0.05) is 12.1 Å². The van der Waals surface area contributed by atoms with Crippen molar-refractivity contribution in [1.29, 1.82) is 0 Å². The molecule has 6 nitrogen and oxygen atoms in total. The van der Waals surface area contributed by atoms with Crippen molar-refractivity contribution in [3.63, 3.8) is 0 Å². The van der Waals surface area contributed by atoms with Gasteiger partial charge in [-0.05, 0) is 61.7 Å². The van der Waals surface area contributed by atoms with Crippen molar-refractivity contribution >= 4 is 26.8 Å². The van der Waals surface area contributed by atoms with E-state index >= 15 is 0 Å². The second-order valence-electron chi connectivity index (χ2n) is 7.50. The van der Waals surface area contributed by atoms with E-state index in [4.69, 9.17) is 0 Å². The number of halogens is 1. The third kappa shape index (κ3) is 4.06. The predicted octanol–water partition coefficient (Wildman–Crippen LogP) is 3.27. The molecule has 1 fully saturated rings. The van der Waals surface area contributed by atoms with Crippen LogP contribution in [0.3, 0.4) is 0 Å². The molecule has 0 atom stereocenters. The minimum atomic E-state index is -3.69. The summed E-state index contributed by atoms with van der Waals surface area (Å²) in [6, 6.07) is 12.3. The first-order chi connectivity index (χ1) is 14.3. The van der Waals surface area contributed by atoms with E-state index in [1.54, 1.807) is 18.3 Å². The average Bonchev–Trinajstić information content (AvgIpc) is 2.74. The fourth-order valence-corrected chi connectivity index (χ4v) is 5.34. The number of para-hydroxylation sites is 1.